The number of nitrogens with two attached hydrogens (primary N) is 1. The Hall–Kier alpha value is -3.19. The molecular weight excluding hydrogens is 366 g/mol. The van der Waals surface area contributed by atoms with Crippen molar-refractivity contribution in [3.05, 3.63) is 42.9 Å². The first-order valence-electron chi connectivity index (χ1n) is 9.77. The highest BCUT2D eigenvalue weighted by Gasteiger charge is 2.24. The van der Waals surface area contributed by atoms with Crippen molar-refractivity contribution >= 4 is 27.8 Å². The molecule has 0 aliphatic heterocycles. The molecule has 3 N–H and O–H groups in total. The van der Waals surface area contributed by atoms with Crippen LogP contribution < -0.4 is 10.5 Å². The first kappa shape index (κ1) is 17.9. The van der Waals surface area contributed by atoms with Gasteiger partial charge in [-0.1, -0.05) is 6.07 Å². The van der Waals surface area contributed by atoms with E-state index in [4.69, 9.17) is 10.5 Å². The zero-order chi connectivity index (χ0) is 20.2. The summed E-state index contributed by atoms with van der Waals surface area (Å²) >= 11 is 0. The Labute approximate surface area is 168 Å². The monoisotopic (exact) mass is 389 g/mol. The number of aromatic nitrogens is 4. The fourth-order valence-electron chi connectivity index (χ4n) is 3.60. The van der Waals surface area contributed by atoms with Crippen molar-refractivity contribution in [2.45, 2.75) is 44.9 Å². The Morgan fingerprint density at radius 3 is 2.79 bits per heavy atom. The van der Waals surface area contributed by atoms with Crippen molar-refractivity contribution < 1.29 is 9.84 Å². The van der Waals surface area contributed by atoms with Crippen LogP contribution in [0.1, 0.15) is 26.7 Å². The standard InChI is InChI=1S/C22H23N5O2/c1-22(2,28)11-27-10-16(19-20(23)24-12-25-21(19)27)13-3-7-17-14(9-13)4-8-18(26-17)29-15-5-6-15/h3-4,7-10,12,15,28H,5-6,11H2,1-2H3,(H2,23,24,25). The number of rotatable bonds is 5. The zero-order valence-corrected chi connectivity index (χ0v) is 16.5. The van der Waals surface area contributed by atoms with Gasteiger partial charge in [0.1, 0.15) is 23.9 Å². The van der Waals surface area contributed by atoms with Gasteiger partial charge in [0.2, 0.25) is 5.88 Å². The van der Waals surface area contributed by atoms with Gasteiger partial charge in [-0.25, -0.2) is 15.0 Å². The summed E-state index contributed by atoms with van der Waals surface area (Å²) in [4.78, 5) is 13.2. The molecule has 0 bridgehead atoms. The molecule has 0 amide bonds. The molecule has 3 heterocycles. The Morgan fingerprint density at radius 1 is 1.21 bits per heavy atom. The van der Waals surface area contributed by atoms with Crippen LogP contribution >= 0.6 is 0 Å². The summed E-state index contributed by atoms with van der Waals surface area (Å²) in [5.74, 6) is 1.10. The van der Waals surface area contributed by atoms with Crippen LogP contribution in [0.5, 0.6) is 5.88 Å². The number of fused-ring (bicyclic) bond motifs is 2. The molecule has 148 valence electrons. The topological polar surface area (TPSA) is 99.1 Å². The SMILES string of the molecule is CC(C)(O)Cn1cc(-c2ccc3nc(OC4CC4)ccc3c2)c2c(N)ncnc21. The predicted octanol–water partition coefficient (Wildman–Crippen LogP) is 3.54. The minimum Gasteiger partial charge on any atom is -0.474 e. The van der Waals surface area contributed by atoms with Gasteiger partial charge in [-0.3, -0.25) is 0 Å². The fraction of sp³-hybridized carbons (Fsp3) is 0.318. The van der Waals surface area contributed by atoms with Crippen LogP contribution in [0.25, 0.3) is 33.1 Å². The van der Waals surface area contributed by atoms with Crippen LogP contribution in [0.2, 0.25) is 0 Å². The number of nitrogen functional groups attached to an aromatic ring is 1. The van der Waals surface area contributed by atoms with E-state index in [0.717, 1.165) is 40.3 Å². The molecule has 0 radical (unpaired) electrons. The van der Waals surface area contributed by atoms with Crippen LogP contribution in [0.4, 0.5) is 5.82 Å². The Bertz CT molecular complexity index is 1220. The highest BCUT2D eigenvalue weighted by Crippen LogP contribution is 2.35. The number of ether oxygens (including phenoxy) is 1. The minimum atomic E-state index is -0.881. The van der Waals surface area contributed by atoms with E-state index in [9.17, 15) is 5.11 Å². The molecule has 7 nitrogen and oxygen atoms in total. The van der Waals surface area contributed by atoms with Crippen LogP contribution in [0.15, 0.2) is 42.9 Å². The van der Waals surface area contributed by atoms with Crippen molar-refractivity contribution in [1.29, 1.82) is 0 Å². The Morgan fingerprint density at radius 2 is 2.03 bits per heavy atom. The molecule has 0 saturated heterocycles. The minimum absolute atomic E-state index is 0.323. The molecule has 1 saturated carbocycles. The highest BCUT2D eigenvalue weighted by molar-refractivity contribution is 6.02. The summed E-state index contributed by atoms with van der Waals surface area (Å²) in [6, 6.07) is 10.0. The van der Waals surface area contributed by atoms with E-state index >= 15 is 0 Å². The molecule has 1 aliphatic carbocycles. The lowest BCUT2D eigenvalue weighted by Crippen LogP contribution is -2.25. The molecule has 4 aromatic rings. The predicted molar refractivity (Wildman–Crippen MR) is 113 cm³/mol. The Balaban J connectivity index is 1.61. The van der Waals surface area contributed by atoms with Gasteiger partial charge in [-0.15, -0.1) is 0 Å². The lowest BCUT2D eigenvalue weighted by molar-refractivity contribution is 0.0627. The third kappa shape index (κ3) is 3.49. The summed E-state index contributed by atoms with van der Waals surface area (Å²) in [5.41, 5.74) is 8.84. The normalized spacial score (nSPS) is 14.6. The fourth-order valence-corrected chi connectivity index (χ4v) is 3.60. The van der Waals surface area contributed by atoms with Gasteiger partial charge < -0.3 is 20.1 Å². The average molecular weight is 389 g/mol. The first-order valence-corrected chi connectivity index (χ1v) is 9.77. The molecule has 0 atom stereocenters. The van der Waals surface area contributed by atoms with Gasteiger partial charge in [0.15, 0.2) is 0 Å². The summed E-state index contributed by atoms with van der Waals surface area (Å²) in [5, 5.41) is 12.1. The Kier molecular flexibility index (Phi) is 3.96. The largest absolute Gasteiger partial charge is 0.474 e. The molecule has 0 spiro atoms. The van der Waals surface area contributed by atoms with E-state index in [0.29, 0.717) is 30.0 Å². The number of nitrogens with zero attached hydrogens (tertiary/aromatic N) is 4. The van der Waals surface area contributed by atoms with E-state index in [-0.39, 0.29) is 0 Å². The summed E-state index contributed by atoms with van der Waals surface area (Å²) in [6.07, 6.45) is 5.97. The van der Waals surface area contributed by atoms with Gasteiger partial charge in [0.05, 0.1) is 23.0 Å². The number of aliphatic hydroxyl groups is 1. The van der Waals surface area contributed by atoms with Gasteiger partial charge in [0, 0.05) is 23.2 Å². The zero-order valence-electron chi connectivity index (χ0n) is 16.5. The quantitative estimate of drug-likeness (QED) is 0.542. The first-order chi connectivity index (χ1) is 13.9. The summed E-state index contributed by atoms with van der Waals surface area (Å²) < 4.78 is 7.73. The van der Waals surface area contributed by atoms with Crippen LogP contribution in [-0.2, 0) is 6.54 Å². The van der Waals surface area contributed by atoms with Gasteiger partial charge >= 0.3 is 0 Å². The van der Waals surface area contributed by atoms with Crippen LogP contribution in [-0.4, -0.2) is 36.3 Å². The summed E-state index contributed by atoms with van der Waals surface area (Å²) in [6.45, 7) is 3.94. The van der Waals surface area contributed by atoms with E-state index in [1.165, 1.54) is 6.33 Å². The molecule has 5 rings (SSSR count). The van der Waals surface area contributed by atoms with Crippen molar-refractivity contribution in [2.75, 3.05) is 5.73 Å². The molecule has 3 aromatic heterocycles. The van der Waals surface area contributed by atoms with E-state index in [1.807, 2.05) is 35.0 Å². The molecular formula is C22H23N5O2. The van der Waals surface area contributed by atoms with E-state index in [1.54, 1.807) is 13.8 Å². The molecule has 7 heteroatoms. The van der Waals surface area contributed by atoms with Crippen LogP contribution in [0.3, 0.4) is 0 Å². The van der Waals surface area contributed by atoms with Crippen LogP contribution in [0, 0.1) is 0 Å². The second-order valence-corrected chi connectivity index (χ2v) is 8.31. The smallest absolute Gasteiger partial charge is 0.214 e. The molecule has 1 aromatic carbocycles. The molecule has 1 aliphatic rings. The number of hydrogen-bond donors (Lipinski definition) is 2. The second kappa shape index (κ2) is 6.42. The molecule has 29 heavy (non-hydrogen) atoms. The molecule has 1 fully saturated rings. The van der Waals surface area contributed by atoms with Gasteiger partial charge in [0.25, 0.3) is 0 Å². The van der Waals surface area contributed by atoms with Crippen molar-refractivity contribution in [3.8, 4) is 17.0 Å². The maximum atomic E-state index is 10.3. The third-order valence-corrected chi connectivity index (χ3v) is 5.03. The number of benzene rings is 1. The van der Waals surface area contributed by atoms with E-state index < -0.39 is 5.60 Å². The average Bonchev–Trinajstić information content (AvgIpc) is 3.41. The third-order valence-electron chi connectivity index (χ3n) is 5.03. The van der Waals surface area contributed by atoms with Gasteiger partial charge in [-0.2, -0.15) is 0 Å². The van der Waals surface area contributed by atoms with Crippen molar-refractivity contribution in [3.63, 3.8) is 0 Å². The summed E-state index contributed by atoms with van der Waals surface area (Å²) in [7, 11) is 0. The number of hydrogen-bond acceptors (Lipinski definition) is 6. The van der Waals surface area contributed by atoms with Crippen molar-refractivity contribution in [2.24, 2.45) is 0 Å². The lowest BCUT2D eigenvalue weighted by atomic mass is 10.0. The highest BCUT2D eigenvalue weighted by atomic mass is 16.5. The van der Waals surface area contributed by atoms with E-state index in [2.05, 4.69) is 21.0 Å². The maximum absolute atomic E-state index is 10.3. The van der Waals surface area contributed by atoms with Gasteiger partial charge in [-0.05, 0) is 50.5 Å². The second-order valence-electron chi connectivity index (χ2n) is 8.31. The van der Waals surface area contributed by atoms with Crippen molar-refractivity contribution in [1.82, 2.24) is 19.5 Å². The molecule has 0 unspecified atom stereocenters. The lowest BCUT2D eigenvalue weighted by Gasteiger charge is -2.18. The number of pyridine rings is 1. The maximum Gasteiger partial charge on any atom is 0.214 e. The number of anilines is 1.